The zero-order valence-corrected chi connectivity index (χ0v) is 11.8. The molecule has 2 rings (SSSR count). The van der Waals surface area contributed by atoms with Gasteiger partial charge in [-0.05, 0) is 30.5 Å². The maximum absolute atomic E-state index is 12.3. The lowest BCUT2D eigenvalue weighted by atomic mass is 9.97. The summed E-state index contributed by atoms with van der Waals surface area (Å²) in [6.07, 6.45) is 6.81. The van der Waals surface area contributed by atoms with E-state index in [4.69, 9.17) is 9.47 Å². The van der Waals surface area contributed by atoms with Crippen molar-refractivity contribution in [2.24, 2.45) is 5.92 Å². The molecule has 104 valence electrons. The van der Waals surface area contributed by atoms with Crippen LogP contribution < -0.4 is 9.47 Å². The molecular weight excluding hydrogens is 240 g/mol. The number of rotatable bonds is 6. The monoisotopic (exact) mass is 262 g/mol. The summed E-state index contributed by atoms with van der Waals surface area (Å²) in [7, 11) is 3.20. The Bertz CT molecular complexity index is 434. The predicted octanol–water partition coefficient (Wildman–Crippen LogP) is 3.86. The summed E-state index contributed by atoms with van der Waals surface area (Å²) >= 11 is 0. The van der Waals surface area contributed by atoms with E-state index >= 15 is 0 Å². The molecule has 0 spiro atoms. The molecule has 1 fully saturated rings. The van der Waals surface area contributed by atoms with Crippen molar-refractivity contribution < 1.29 is 14.3 Å². The van der Waals surface area contributed by atoms with Crippen LogP contribution in [0, 0.1) is 5.92 Å². The van der Waals surface area contributed by atoms with Crippen LogP contribution in [0.2, 0.25) is 0 Å². The van der Waals surface area contributed by atoms with Gasteiger partial charge in [-0.1, -0.05) is 25.7 Å². The van der Waals surface area contributed by atoms with E-state index in [0.29, 0.717) is 23.5 Å². The van der Waals surface area contributed by atoms with Crippen LogP contribution in [0.15, 0.2) is 18.2 Å². The minimum absolute atomic E-state index is 0.155. The largest absolute Gasteiger partial charge is 0.497 e. The highest BCUT2D eigenvalue weighted by atomic mass is 16.5. The Balaban J connectivity index is 2.03. The lowest BCUT2D eigenvalue weighted by molar-refractivity contribution is 0.0970. The van der Waals surface area contributed by atoms with Crippen molar-refractivity contribution in [3.63, 3.8) is 0 Å². The molecule has 0 aromatic heterocycles. The molecule has 0 saturated heterocycles. The quantitative estimate of drug-likeness (QED) is 0.730. The molecule has 3 nitrogen and oxygen atoms in total. The molecule has 0 unspecified atom stereocenters. The van der Waals surface area contributed by atoms with E-state index in [1.54, 1.807) is 26.4 Å². The van der Waals surface area contributed by atoms with Crippen LogP contribution in [0.5, 0.6) is 11.5 Å². The van der Waals surface area contributed by atoms with Gasteiger partial charge in [-0.25, -0.2) is 0 Å². The Morgan fingerprint density at radius 3 is 2.58 bits per heavy atom. The number of hydrogen-bond donors (Lipinski definition) is 0. The number of methoxy groups -OCH3 is 2. The summed E-state index contributed by atoms with van der Waals surface area (Å²) in [6.45, 7) is 0. The van der Waals surface area contributed by atoms with Gasteiger partial charge in [0, 0.05) is 6.42 Å². The maximum Gasteiger partial charge on any atom is 0.166 e. The van der Waals surface area contributed by atoms with E-state index < -0.39 is 0 Å². The first-order valence-electron chi connectivity index (χ1n) is 7.00. The number of hydrogen-bond acceptors (Lipinski definition) is 3. The normalized spacial score (nSPS) is 15.5. The Hall–Kier alpha value is -1.51. The van der Waals surface area contributed by atoms with Gasteiger partial charge in [0.15, 0.2) is 5.78 Å². The number of ether oxygens (including phenoxy) is 2. The maximum atomic E-state index is 12.3. The number of carbonyl (C=O) groups excluding carboxylic acids is 1. The van der Waals surface area contributed by atoms with Gasteiger partial charge >= 0.3 is 0 Å². The van der Waals surface area contributed by atoms with Gasteiger partial charge in [-0.2, -0.15) is 0 Å². The highest BCUT2D eigenvalue weighted by molar-refractivity contribution is 5.99. The second-order valence-electron chi connectivity index (χ2n) is 5.18. The molecule has 0 aliphatic heterocycles. The van der Waals surface area contributed by atoms with Crippen LogP contribution >= 0.6 is 0 Å². The minimum Gasteiger partial charge on any atom is -0.497 e. The van der Waals surface area contributed by atoms with Crippen molar-refractivity contribution in [2.75, 3.05) is 14.2 Å². The molecule has 0 N–H and O–H groups in total. The van der Waals surface area contributed by atoms with E-state index in [-0.39, 0.29) is 5.78 Å². The Labute approximate surface area is 114 Å². The molecule has 1 aliphatic carbocycles. The first-order valence-corrected chi connectivity index (χ1v) is 7.00. The lowest BCUT2D eigenvalue weighted by Gasteiger charge is -2.11. The van der Waals surface area contributed by atoms with E-state index in [1.165, 1.54) is 25.7 Å². The average molecular weight is 262 g/mol. The number of benzene rings is 1. The van der Waals surface area contributed by atoms with E-state index in [1.807, 2.05) is 6.07 Å². The standard InChI is InChI=1S/C16H22O3/c1-18-13-8-10-16(19-2)14(11-13)15(17)9-7-12-5-3-4-6-12/h8,10-12H,3-7,9H2,1-2H3. The molecule has 0 amide bonds. The fourth-order valence-electron chi connectivity index (χ4n) is 2.80. The van der Waals surface area contributed by atoms with Crippen LogP contribution in [0.3, 0.4) is 0 Å². The summed E-state index contributed by atoms with van der Waals surface area (Å²) in [5.74, 6) is 2.23. The average Bonchev–Trinajstić information content (AvgIpc) is 2.97. The summed E-state index contributed by atoms with van der Waals surface area (Å²) in [6, 6.07) is 5.38. The third-order valence-electron chi connectivity index (χ3n) is 3.96. The third-order valence-corrected chi connectivity index (χ3v) is 3.96. The van der Waals surface area contributed by atoms with Crippen molar-refractivity contribution in [3.8, 4) is 11.5 Å². The van der Waals surface area contributed by atoms with Gasteiger partial charge < -0.3 is 9.47 Å². The number of ketones is 1. The van der Waals surface area contributed by atoms with Crippen LogP contribution in [0.25, 0.3) is 0 Å². The summed E-state index contributed by atoms with van der Waals surface area (Å²) in [5, 5.41) is 0. The topological polar surface area (TPSA) is 35.5 Å². The summed E-state index contributed by atoms with van der Waals surface area (Å²) in [4.78, 5) is 12.3. The molecule has 1 aromatic rings. The van der Waals surface area contributed by atoms with Crippen LogP contribution in [0.4, 0.5) is 0 Å². The van der Waals surface area contributed by atoms with Crippen molar-refractivity contribution >= 4 is 5.78 Å². The number of carbonyl (C=O) groups is 1. The molecule has 3 heteroatoms. The van der Waals surface area contributed by atoms with Gasteiger partial charge in [0.25, 0.3) is 0 Å². The van der Waals surface area contributed by atoms with E-state index in [9.17, 15) is 4.79 Å². The minimum atomic E-state index is 0.155. The molecule has 0 heterocycles. The third kappa shape index (κ3) is 3.49. The first kappa shape index (κ1) is 13.9. The van der Waals surface area contributed by atoms with Crippen LogP contribution in [-0.4, -0.2) is 20.0 Å². The van der Waals surface area contributed by atoms with Crippen LogP contribution in [-0.2, 0) is 0 Å². The summed E-state index contributed by atoms with van der Waals surface area (Å²) in [5.41, 5.74) is 0.639. The highest BCUT2D eigenvalue weighted by Crippen LogP contribution is 2.31. The second kappa shape index (κ2) is 6.60. The zero-order valence-electron chi connectivity index (χ0n) is 11.8. The lowest BCUT2D eigenvalue weighted by Crippen LogP contribution is -2.05. The SMILES string of the molecule is COc1ccc(OC)c(C(=O)CCC2CCCC2)c1. The molecule has 0 radical (unpaired) electrons. The molecule has 19 heavy (non-hydrogen) atoms. The predicted molar refractivity (Wildman–Crippen MR) is 75.1 cm³/mol. The fourth-order valence-corrected chi connectivity index (χ4v) is 2.80. The molecule has 0 bridgehead atoms. The molecular formula is C16H22O3. The van der Waals surface area contributed by atoms with E-state index in [2.05, 4.69) is 0 Å². The van der Waals surface area contributed by atoms with Crippen LogP contribution in [0.1, 0.15) is 48.9 Å². The summed E-state index contributed by atoms with van der Waals surface area (Å²) < 4.78 is 10.4. The Morgan fingerprint density at radius 2 is 1.95 bits per heavy atom. The van der Waals surface area contributed by atoms with Gasteiger partial charge in [0.05, 0.1) is 19.8 Å². The highest BCUT2D eigenvalue weighted by Gasteiger charge is 2.19. The Kier molecular flexibility index (Phi) is 4.83. The van der Waals surface area contributed by atoms with Crippen molar-refractivity contribution in [1.29, 1.82) is 0 Å². The zero-order chi connectivity index (χ0) is 13.7. The van der Waals surface area contributed by atoms with Crippen molar-refractivity contribution in [3.05, 3.63) is 23.8 Å². The molecule has 0 atom stereocenters. The molecule has 1 saturated carbocycles. The fraction of sp³-hybridized carbons (Fsp3) is 0.562. The van der Waals surface area contributed by atoms with Gasteiger partial charge in [0.2, 0.25) is 0 Å². The van der Waals surface area contributed by atoms with Crippen molar-refractivity contribution in [2.45, 2.75) is 38.5 Å². The van der Waals surface area contributed by atoms with Crippen molar-refractivity contribution in [1.82, 2.24) is 0 Å². The smallest absolute Gasteiger partial charge is 0.166 e. The van der Waals surface area contributed by atoms with E-state index in [0.717, 1.165) is 12.3 Å². The molecule has 1 aromatic carbocycles. The molecule has 1 aliphatic rings. The second-order valence-corrected chi connectivity index (χ2v) is 5.18. The van der Waals surface area contributed by atoms with Gasteiger partial charge in [-0.15, -0.1) is 0 Å². The first-order chi connectivity index (χ1) is 9.24. The Morgan fingerprint density at radius 1 is 1.21 bits per heavy atom. The van der Waals surface area contributed by atoms with Gasteiger partial charge in [-0.3, -0.25) is 4.79 Å². The van der Waals surface area contributed by atoms with Gasteiger partial charge in [0.1, 0.15) is 11.5 Å². The number of Topliss-reactive ketones (excluding diaryl/α,β-unsaturated/α-hetero) is 1.